The highest BCUT2D eigenvalue weighted by molar-refractivity contribution is 7.19. The van der Waals surface area contributed by atoms with Gasteiger partial charge < -0.3 is 21.1 Å². The molecule has 0 aliphatic heterocycles. The number of aromatic nitrogens is 2. The van der Waals surface area contributed by atoms with Gasteiger partial charge in [-0.3, -0.25) is 4.79 Å². The molecule has 152 valence electrons. The zero-order valence-corrected chi connectivity index (χ0v) is 17.4. The third kappa shape index (κ3) is 3.73. The second kappa shape index (κ2) is 7.93. The number of nitrogens with zero attached hydrogens (tertiary/aromatic N) is 3. The van der Waals surface area contributed by atoms with Crippen LogP contribution in [0.25, 0.3) is 10.2 Å². The van der Waals surface area contributed by atoms with E-state index in [9.17, 15) is 4.79 Å². The minimum atomic E-state index is -0.624. The molecule has 2 aromatic heterocycles. The number of rotatable bonds is 6. The van der Waals surface area contributed by atoms with E-state index in [1.165, 1.54) is 10.4 Å². The molecule has 0 radical (unpaired) electrons. The lowest BCUT2D eigenvalue weighted by Crippen LogP contribution is -2.37. The maximum absolute atomic E-state index is 11.5. The molecule has 8 heteroatoms. The molecule has 2 aromatic rings. The second-order valence-corrected chi connectivity index (χ2v) is 9.37. The third-order valence-electron chi connectivity index (χ3n) is 6.25. The smallest absolute Gasteiger partial charge is 0.234 e. The highest BCUT2D eigenvalue weighted by atomic mass is 32.1. The van der Waals surface area contributed by atoms with E-state index in [2.05, 4.69) is 29.0 Å². The van der Waals surface area contributed by atoms with Crippen LogP contribution in [-0.4, -0.2) is 53.1 Å². The molecule has 4 rings (SSSR count). The monoisotopic (exact) mass is 403 g/mol. The lowest BCUT2D eigenvalue weighted by atomic mass is 9.92. The Hall–Kier alpha value is -1.77. The summed E-state index contributed by atoms with van der Waals surface area (Å²) >= 11 is 1.71. The first-order valence-electron chi connectivity index (χ1n) is 10.1. The molecule has 7 nitrogen and oxygen atoms in total. The molecule has 2 heterocycles. The number of primary amides is 1. The van der Waals surface area contributed by atoms with Gasteiger partial charge >= 0.3 is 0 Å². The van der Waals surface area contributed by atoms with Crippen molar-refractivity contribution >= 4 is 27.5 Å². The van der Waals surface area contributed by atoms with Crippen molar-refractivity contribution in [2.75, 3.05) is 14.1 Å². The quantitative estimate of drug-likeness (QED) is 0.765. The second-order valence-electron chi connectivity index (χ2n) is 8.29. The largest absolute Gasteiger partial charge is 0.474 e. The van der Waals surface area contributed by atoms with Crippen LogP contribution in [0.1, 0.15) is 54.9 Å². The summed E-state index contributed by atoms with van der Waals surface area (Å²) in [5.41, 5.74) is 12.6. The van der Waals surface area contributed by atoms with Gasteiger partial charge in [-0.25, -0.2) is 9.97 Å². The molecule has 0 bridgehead atoms. The van der Waals surface area contributed by atoms with Crippen molar-refractivity contribution in [3.05, 3.63) is 16.8 Å². The molecule has 1 unspecified atom stereocenters. The molecule has 2 atom stereocenters. The summed E-state index contributed by atoms with van der Waals surface area (Å²) in [6, 6.07) is 0.0107. The number of aryl methyl sites for hydroxylation is 1. The van der Waals surface area contributed by atoms with Crippen LogP contribution in [0, 0.1) is 0 Å². The van der Waals surface area contributed by atoms with E-state index in [0.717, 1.165) is 48.7 Å². The van der Waals surface area contributed by atoms with E-state index >= 15 is 0 Å². The van der Waals surface area contributed by atoms with Crippen LogP contribution in [0.5, 0.6) is 5.88 Å². The molecule has 0 saturated heterocycles. The predicted molar refractivity (Wildman–Crippen MR) is 111 cm³/mol. The highest BCUT2D eigenvalue weighted by Gasteiger charge is 2.33. The van der Waals surface area contributed by atoms with Gasteiger partial charge in [-0.05, 0) is 70.5 Å². The predicted octanol–water partition coefficient (Wildman–Crippen LogP) is 2.18. The first-order valence-corrected chi connectivity index (χ1v) is 10.9. The number of carbonyl (C=O) groups is 1. The third-order valence-corrected chi connectivity index (χ3v) is 7.42. The van der Waals surface area contributed by atoms with Crippen LogP contribution < -0.4 is 16.2 Å². The Morgan fingerprint density at radius 1 is 1.29 bits per heavy atom. The molecular formula is C20H29N5O2S. The van der Waals surface area contributed by atoms with Crippen molar-refractivity contribution in [2.24, 2.45) is 11.5 Å². The van der Waals surface area contributed by atoms with Gasteiger partial charge in [0, 0.05) is 10.9 Å². The van der Waals surface area contributed by atoms with Gasteiger partial charge in [-0.1, -0.05) is 0 Å². The Bertz CT molecular complexity index is 860. The lowest BCUT2D eigenvalue weighted by molar-refractivity contribution is -0.119. The Morgan fingerprint density at radius 3 is 2.71 bits per heavy atom. The summed E-state index contributed by atoms with van der Waals surface area (Å²) < 4.78 is 6.40. The number of hydrogen-bond acceptors (Lipinski definition) is 7. The van der Waals surface area contributed by atoms with E-state index in [1.807, 2.05) is 0 Å². The zero-order valence-electron chi connectivity index (χ0n) is 16.6. The van der Waals surface area contributed by atoms with Gasteiger partial charge in [0.1, 0.15) is 17.3 Å². The van der Waals surface area contributed by atoms with Gasteiger partial charge in [-0.15, -0.1) is 11.3 Å². The molecule has 0 aromatic carbocycles. The maximum Gasteiger partial charge on any atom is 0.234 e. The minimum absolute atomic E-state index is 0.192. The number of amides is 1. The molecule has 28 heavy (non-hydrogen) atoms. The number of thiophene rings is 1. The average Bonchev–Trinajstić information content (AvgIpc) is 3.22. The van der Waals surface area contributed by atoms with E-state index in [1.54, 1.807) is 17.7 Å². The number of fused-ring (bicyclic) bond motifs is 3. The van der Waals surface area contributed by atoms with Crippen LogP contribution in [0.4, 0.5) is 0 Å². The average molecular weight is 404 g/mol. The standard InChI is InChI=1S/C20H29N5O2S/c1-25(2)12-4-6-13(7-5-12)27-19-17-16-11(9-14(21)18(22)26)3-8-15(16)28-20(17)24-10-23-19/h10-14H,3-9,21H2,1-2H3,(H2,22,26)/t11-,12?,13?,14?/m1/s1. The van der Waals surface area contributed by atoms with Crippen molar-refractivity contribution in [1.29, 1.82) is 0 Å². The van der Waals surface area contributed by atoms with Gasteiger partial charge in [0.2, 0.25) is 11.8 Å². The fourth-order valence-corrected chi connectivity index (χ4v) is 5.86. The zero-order chi connectivity index (χ0) is 19.8. The van der Waals surface area contributed by atoms with E-state index < -0.39 is 11.9 Å². The van der Waals surface area contributed by atoms with Gasteiger partial charge in [0.15, 0.2) is 0 Å². The SMILES string of the molecule is CN(C)C1CCC(Oc2ncnc3sc4c(c23)[C@@H](CC(N)C(N)=O)CC4)CC1. The molecule has 0 spiro atoms. The van der Waals surface area contributed by atoms with Crippen molar-refractivity contribution in [3.8, 4) is 5.88 Å². The molecular weight excluding hydrogens is 374 g/mol. The fourth-order valence-electron chi connectivity index (χ4n) is 4.63. The summed E-state index contributed by atoms with van der Waals surface area (Å²) in [6.45, 7) is 0. The summed E-state index contributed by atoms with van der Waals surface area (Å²) in [5, 5.41) is 1.02. The van der Waals surface area contributed by atoms with Crippen LogP contribution in [0.2, 0.25) is 0 Å². The normalized spacial score (nSPS) is 25.8. The van der Waals surface area contributed by atoms with Crippen LogP contribution in [-0.2, 0) is 11.2 Å². The summed E-state index contributed by atoms with van der Waals surface area (Å²) in [6.07, 6.45) is 8.69. The number of hydrogen-bond donors (Lipinski definition) is 2. The molecule has 2 aliphatic carbocycles. The van der Waals surface area contributed by atoms with Crippen molar-refractivity contribution in [1.82, 2.24) is 14.9 Å². The van der Waals surface area contributed by atoms with Crippen LogP contribution in [0.15, 0.2) is 6.33 Å². The van der Waals surface area contributed by atoms with Gasteiger partial charge in [0.05, 0.1) is 11.4 Å². The first-order chi connectivity index (χ1) is 13.4. The summed E-state index contributed by atoms with van der Waals surface area (Å²) in [7, 11) is 4.29. The first kappa shape index (κ1) is 19.5. The Kier molecular flexibility index (Phi) is 5.53. The molecule has 1 saturated carbocycles. The van der Waals surface area contributed by atoms with Crippen molar-refractivity contribution in [3.63, 3.8) is 0 Å². The Labute approximate surface area is 169 Å². The number of ether oxygens (including phenoxy) is 1. The highest BCUT2D eigenvalue weighted by Crippen LogP contribution is 2.47. The molecule has 2 aliphatic rings. The summed E-state index contributed by atoms with van der Waals surface area (Å²) in [4.78, 5) is 25.0. The lowest BCUT2D eigenvalue weighted by Gasteiger charge is -2.32. The molecule has 4 N–H and O–H groups in total. The maximum atomic E-state index is 11.5. The van der Waals surface area contributed by atoms with Gasteiger partial charge in [-0.2, -0.15) is 0 Å². The molecule has 1 fully saturated rings. The Balaban J connectivity index is 1.58. The van der Waals surface area contributed by atoms with Crippen LogP contribution in [0.3, 0.4) is 0 Å². The van der Waals surface area contributed by atoms with Crippen molar-refractivity contribution < 1.29 is 9.53 Å². The number of nitrogens with two attached hydrogens (primary N) is 2. The molecule has 1 amide bonds. The Morgan fingerprint density at radius 2 is 2.04 bits per heavy atom. The number of carbonyl (C=O) groups excluding carboxylic acids is 1. The van der Waals surface area contributed by atoms with Gasteiger partial charge in [0.25, 0.3) is 0 Å². The fraction of sp³-hybridized carbons (Fsp3) is 0.650. The van der Waals surface area contributed by atoms with E-state index in [-0.39, 0.29) is 12.0 Å². The van der Waals surface area contributed by atoms with E-state index in [4.69, 9.17) is 16.2 Å². The van der Waals surface area contributed by atoms with Crippen LogP contribution >= 0.6 is 11.3 Å². The minimum Gasteiger partial charge on any atom is -0.474 e. The van der Waals surface area contributed by atoms with Crippen molar-refractivity contribution in [2.45, 2.75) is 69.1 Å². The summed E-state index contributed by atoms with van der Waals surface area (Å²) in [5.74, 6) is 0.456. The van der Waals surface area contributed by atoms with E-state index in [0.29, 0.717) is 18.3 Å². The topological polar surface area (TPSA) is 107 Å².